The average molecular weight is 297 g/mol. The highest BCUT2D eigenvalue weighted by molar-refractivity contribution is 7.92. The van der Waals surface area contributed by atoms with Gasteiger partial charge in [-0.15, -0.1) is 0 Å². The lowest BCUT2D eigenvalue weighted by molar-refractivity contribution is -0.119. The summed E-state index contributed by atoms with van der Waals surface area (Å²) in [6.07, 6.45) is 1.92. The molecule has 1 saturated heterocycles. The fraction of sp³-hybridized carbons (Fsp3) is 0.462. The van der Waals surface area contributed by atoms with Gasteiger partial charge in [0.2, 0.25) is 15.9 Å². The first-order valence-electron chi connectivity index (χ1n) is 6.45. The monoisotopic (exact) mass is 297 g/mol. The third-order valence-corrected chi connectivity index (χ3v) is 3.82. The van der Waals surface area contributed by atoms with Gasteiger partial charge in [-0.05, 0) is 37.6 Å². The molecule has 1 unspecified atom stereocenters. The summed E-state index contributed by atoms with van der Waals surface area (Å²) in [5, 5.41) is 5.96. The number of hydrogen-bond acceptors (Lipinski definition) is 4. The molecule has 0 bridgehead atoms. The number of amides is 1. The maximum absolute atomic E-state index is 12.0. The van der Waals surface area contributed by atoms with Gasteiger partial charge < -0.3 is 10.6 Å². The minimum absolute atomic E-state index is 0.0254. The molecule has 2 rings (SSSR count). The summed E-state index contributed by atoms with van der Waals surface area (Å²) in [4.78, 5) is 12.0. The zero-order valence-corrected chi connectivity index (χ0v) is 12.4. The number of sulfonamides is 1. The molecule has 7 heteroatoms. The molecule has 6 nitrogen and oxygen atoms in total. The van der Waals surface area contributed by atoms with Crippen molar-refractivity contribution in [3.05, 3.63) is 23.8 Å². The van der Waals surface area contributed by atoms with Crippen LogP contribution in [0.3, 0.4) is 0 Å². The molecule has 0 radical (unpaired) electrons. The number of carbonyl (C=O) groups excluding carboxylic acids is 1. The number of nitrogens with one attached hydrogen (secondary N) is 3. The number of aryl methyl sites for hydroxylation is 1. The van der Waals surface area contributed by atoms with Crippen molar-refractivity contribution in [3.8, 4) is 0 Å². The first-order chi connectivity index (χ1) is 9.35. The Balaban J connectivity index is 2.12. The zero-order valence-electron chi connectivity index (χ0n) is 11.6. The van der Waals surface area contributed by atoms with E-state index >= 15 is 0 Å². The largest absolute Gasteiger partial charge is 0.326 e. The third kappa shape index (κ3) is 3.94. The molecule has 3 N–H and O–H groups in total. The molecule has 1 aromatic carbocycles. The van der Waals surface area contributed by atoms with Crippen LogP contribution in [-0.2, 0) is 14.8 Å². The van der Waals surface area contributed by atoms with Gasteiger partial charge in [0.15, 0.2) is 0 Å². The Labute approximate surface area is 119 Å². The Morgan fingerprint density at radius 2 is 2.15 bits per heavy atom. The Hall–Kier alpha value is -1.60. The van der Waals surface area contributed by atoms with Crippen molar-refractivity contribution in [2.24, 2.45) is 5.92 Å². The van der Waals surface area contributed by atoms with Gasteiger partial charge in [-0.2, -0.15) is 0 Å². The summed E-state index contributed by atoms with van der Waals surface area (Å²) in [5.41, 5.74) is 1.88. The summed E-state index contributed by atoms with van der Waals surface area (Å²) in [7, 11) is -3.33. The number of benzene rings is 1. The molecule has 110 valence electrons. The van der Waals surface area contributed by atoms with E-state index in [0.29, 0.717) is 17.9 Å². The van der Waals surface area contributed by atoms with E-state index in [0.717, 1.165) is 24.8 Å². The molecule has 1 aliphatic rings. The summed E-state index contributed by atoms with van der Waals surface area (Å²) in [6.45, 7) is 3.35. The van der Waals surface area contributed by atoms with E-state index in [1.54, 1.807) is 25.1 Å². The molecule has 0 saturated carbocycles. The fourth-order valence-electron chi connectivity index (χ4n) is 2.13. The topological polar surface area (TPSA) is 87.3 Å². The quantitative estimate of drug-likeness (QED) is 0.771. The van der Waals surface area contributed by atoms with Gasteiger partial charge in [0.25, 0.3) is 0 Å². The molecule has 1 aromatic rings. The zero-order chi connectivity index (χ0) is 14.8. The molecular formula is C13H19N3O3S. The van der Waals surface area contributed by atoms with Gasteiger partial charge in [0, 0.05) is 12.2 Å². The maximum Gasteiger partial charge on any atom is 0.229 e. The van der Waals surface area contributed by atoms with Gasteiger partial charge in [0.05, 0.1) is 17.9 Å². The lowest BCUT2D eigenvalue weighted by Gasteiger charge is -2.13. The second-order valence-electron chi connectivity index (χ2n) is 5.08. The Kier molecular flexibility index (Phi) is 4.29. The minimum Gasteiger partial charge on any atom is -0.326 e. The summed E-state index contributed by atoms with van der Waals surface area (Å²) >= 11 is 0. The smallest absolute Gasteiger partial charge is 0.229 e. The first-order valence-corrected chi connectivity index (χ1v) is 8.34. The Morgan fingerprint density at radius 1 is 1.40 bits per heavy atom. The van der Waals surface area contributed by atoms with Gasteiger partial charge >= 0.3 is 0 Å². The van der Waals surface area contributed by atoms with Crippen LogP contribution in [-0.4, -0.2) is 33.7 Å². The molecule has 1 atom stereocenters. The standard InChI is InChI=1S/C13H19N3O3S/c1-9-3-4-11(7-12(9)16-20(2,18)19)15-13(17)10-5-6-14-8-10/h3-4,7,10,14,16H,5-6,8H2,1-2H3,(H,15,17). The second kappa shape index (κ2) is 5.80. The molecule has 0 aliphatic carbocycles. The van der Waals surface area contributed by atoms with Crippen LogP contribution >= 0.6 is 0 Å². The lowest BCUT2D eigenvalue weighted by Crippen LogP contribution is -2.24. The van der Waals surface area contributed by atoms with Gasteiger partial charge in [-0.1, -0.05) is 6.07 Å². The van der Waals surface area contributed by atoms with Crippen molar-refractivity contribution < 1.29 is 13.2 Å². The number of carbonyl (C=O) groups is 1. The van der Waals surface area contributed by atoms with Crippen molar-refractivity contribution in [2.75, 3.05) is 29.4 Å². The van der Waals surface area contributed by atoms with Crippen molar-refractivity contribution in [1.29, 1.82) is 0 Å². The molecule has 1 aliphatic heterocycles. The third-order valence-electron chi connectivity index (χ3n) is 3.23. The highest BCUT2D eigenvalue weighted by Gasteiger charge is 2.22. The fourth-order valence-corrected chi connectivity index (χ4v) is 2.75. The SMILES string of the molecule is Cc1ccc(NC(=O)C2CCNC2)cc1NS(C)(=O)=O. The van der Waals surface area contributed by atoms with Crippen LogP contribution in [0.5, 0.6) is 0 Å². The van der Waals surface area contributed by atoms with Crippen LogP contribution in [0.1, 0.15) is 12.0 Å². The van der Waals surface area contributed by atoms with Crippen LogP contribution in [0.25, 0.3) is 0 Å². The second-order valence-corrected chi connectivity index (χ2v) is 6.83. The maximum atomic E-state index is 12.0. The predicted molar refractivity (Wildman–Crippen MR) is 79.3 cm³/mol. The molecule has 0 spiro atoms. The molecule has 1 amide bonds. The van der Waals surface area contributed by atoms with Crippen molar-refractivity contribution in [1.82, 2.24) is 5.32 Å². The molecule has 20 heavy (non-hydrogen) atoms. The van der Waals surface area contributed by atoms with Crippen LogP contribution in [0.15, 0.2) is 18.2 Å². The van der Waals surface area contributed by atoms with Gasteiger partial charge in [-0.3, -0.25) is 9.52 Å². The lowest BCUT2D eigenvalue weighted by atomic mass is 10.1. The van der Waals surface area contributed by atoms with E-state index in [9.17, 15) is 13.2 Å². The summed E-state index contributed by atoms with van der Waals surface area (Å²) in [6, 6.07) is 5.18. The summed E-state index contributed by atoms with van der Waals surface area (Å²) in [5.74, 6) is -0.0632. The van der Waals surface area contributed by atoms with Crippen molar-refractivity contribution >= 4 is 27.3 Å². The van der Waals surface area contributed by atoms with Gasteiger partial charge in [-0.25, -0.2) is 8.42 Å². The van der Waals surface area contributed by atoms with E-state index in [1.165, 1.54) is 0 Å². The average Bonchev–Trinajstić information content (AvgIpc) is 2.85. The molecular weight excluding hydrogens is 278 g/mol. The number of anilines is 2. The normalized spacial score (nSPS) is 18.8. The Morgan fingerprint density at radius 3 is 2.75 bits per heavy atom. The van der Waals surface area contributed by atoms with E-state index in [2.05, 4.69) is 15.4 Å². The van der Waals surface area contributed by atoms with Crippen LogP contribution in [0, 0.1) is 12.8 Å². The van der Waals surface area contributed by atoms with Gasteiger partial charge in [0.1, 0.15) is 0 Å². The minimum atomic E-state index is -3.33. The van der Waals surface area contributed by atoms with E-state index < -0.39 is 10.0 Å². The number of rotatable bonds is 4. The van der Waals surface area contributed by atoms with Crippen molar-refractivity contribution in [3.63, 3.8) is 0 Å². The first kappa shape index (κ1) is 14.8. The molecule has 1 heterocycles. The Bertz CT molecular complexity index is 607. The van der Waals surface area contributed by atoms with Crippen molar-refractivity contribution in [2.45, 2.75) is 13.3 Å². The number of hydrogen-bond donors (Lipinski definition) is 3. The predicted octanol–water partition coefficient (Wildman–Crippen LogP) is 0.915. The van der Waals surface area contributed by atoms with Crippen LogP contribution in [0.2, 0.25) is 0 Å². The molecule has 1 fully saturated rings. The van der Waals surface area contributed by atoms with E-state index in [4.69, 9.17) is 0 Å². The summed E-state index contributed by atoms with van der Waals surface area (Å²) < 4.78 is 25.0. The highest BCUT2D eigenvalue weighted by atomic mass is 32.2. The van der Waals surface area contributed by atoms with Crippen LogP contribution < -0.4 is 15.4 Å². The van der Waals surface area contributed by atoms with E-state index in [1.807, 2.05) is 0 Å². The van der Waals surface area contributed by atoms with E-state index in [-0.39, 0.29) is 11.8 Å². The van der Waals surface area contributed by atoms with Crippen LogP contribution in [0.4, 0.5) is 11.4 Å². The highest BCUT2D eigenvalue weighted by Crippen LogP contribution is 2.22. The molecule has 0 aromatic heterocycles.